The minimum atomic E-state index is -0.125. The molecule has 1 saturated heterocycles. The van der Waals surface area contributed by atoms with Crippen molar-refractivity contribution in [2.45, 2.75) is 32.6 Å². The summed E-state index contributed by atoms with van der Waals surface area (Å²) in [6.45, 7) is 4.62. The summed E-state index contributed by atoms with van der Waals surface area (Å²) >= 11 is 0. The summed E-state index contributed by atoms with van der Waals surface area (Å²) in [7, 11) is 0. The lowest BCUT2D eigenvalue weighted by Gasteiger charge is -2.28. The number of carbonyl (C=O) groups excluding carboxylic acids is 1. The summed E-state index contributed by atoms with van der Waals surface area (Å²) in [5.41, 5.74) is 1.32. The van der Waals surface area contributed by atoms with Crippen molar-refractivity contribution in [2.75, 3.05) is 31.1 Å². The van der Waals surface area contributed by atoms with Crippen LogP contribution in [-0.2, 0) is 11.2 Å². The molecule has 1 fully saturated rings. The second-order valence-corrected chi connectivity index (χ2v) is 7.16. The van der Waals surface area contributed by atoms with E-state index in [1.165, 1.54) is 19.3 Å². The highest BCUT2D eigenvalue weighted by atomic mass is 16.5. The molecule has 1 amide bonds. The maximum atomic E-state index is 12.2. The third-order valence-electron chi connectivity index (χ3n) is 4.94. The first kappa shape index (κ1) is 19.2. The number of benzene rings is 1. The van der Waals surface area contributed by atoms with Gasteiger partial charge in [-0.1, -0.05) is 17.3 Å². The number of nitrogens with one attached hydrogen (secondary N) is 1. The van der Waals surface area contributed by atoms with E-state index in [-0.39, 0.29) is 12.3 Å². The van der Waals surface area contributed by atoms with E-state index in [1.54, 1.807) is 0 Å². The lowest BCUT2D eigenvalue weighted by atomic mass is 10.1. The Bertz CT molecular complexity index is 981. The molecule has 152 valence electrons. The van der Waals surface area contributed by atoms with Gasteiger partial charge in [-0.15, -0.1) is 0 Å². The highest BCUT2D eigenvalue weighted by Gasteiger charge is 2.15. The fourth-order valence-corrected chi connectivity index (χ4v) is 3.51. The van der Waals surface area contributed by atoms with Crippen molar-refractivity contribution in [3.05, 3.63) is 41.9 Å². The van der Waals surface area contributed by atoms with Gasteiger partial charge in [-0.05, 0) is 38.3 Å². The van der Waals surface area contributed by atoms with Crippen LogP contribution in [0.1, 0.15) is 30.8 Å². The van der Waals surface area contributed by atoms with Crippen LogP contribution in [0, 0.1) is 6.92 Å². The van der Waals surface area contributed by atoms with Gasteiger partial charge in [0.1, 0.15) is 23.9 Å². The van der Waals surface area contributed by atoms with Crippen molar-refractivity contribution >= 4 is 22.7 Å². The minimum Gasteiger partial charge on any atom is -0.476 e. The van der Waals surface area contributed by atoms with Crippen LogP contribution in [0.4, 0.5) is 5.82 Å². The molecule has 29 heavy (non-hydrogen) atoms. The molecule has 0 unspecified atom stereocenters. The molecular formula is C21H25N5O3. The van der Waals surface area contributed by atoms with Gasteiger partial charge in [0, 0.05) is 24.5 Å². The SMILES string of the molecule is Cc1nc(OCCNC(=O)Cc2noc3ccccc23)cc(N2CCCCC2)n1. The number of hydrogen-bond acceptors (Lipinski definition) is 7. The van der Waals surface area contributed by atoms with Crippen LogP contribution in [0.3, 0.4) is 0 Å². The van der Waals surface area contributed by atoms with Gasteiger partial charge in [-0.25, -0.2) is 4.98 Å². The van der Waals surface area contributed by atoms with Crippen LogP contribution >= 0.6 is 0 Å². The topological polar surface area (TPSA) is 93.4 Å². The number of carbonyl (C=O) groups is 1. The molecule has 8 nitrogen and oxygen atoms in total. The normalized spacial score (nSPS) is 14.2. The molecule has 2 aromatic heterocycles. The molecule has 1 aromatic carbocycles. The molecule has 0 bridgehead atoms. The van der Waals surface area contributed by atoms with Gasteiger partial charge in [0.25, 0.3) is 0 Å². The Morgan fingerprint density at radius 1 is 1.21 bits per heavy atom. The first-order valence-corrected chi connectivity index (χ1v) is 10.0. The van der Waals surface area contributed by atoms with Crippen molar-refractivity contribution < 1.29 is 14.1 Å². The predicted octanol–water partition coefficient (Wildman–Crippen LogP) is 2.65. The van der Waals surface area contributed by atoms with Crippen molar-refractivity contribution in [2.24, 2.45) is 0 Å². The molecule has 0 aliphatic carbocycles. The van der Waals surface area contributed by atoms with Crippen LogP contribution in [0.25, 0.3) is 11.0 Å². The van der Waals surface area contributed by atoms with Crippen LogP contribution < -0.4 is 15.0 Å². The Morgan fingerprint density at radius 3 is 2.90 bits per heavy atom. The summed E-state index contributed by atoms with van der Waals surface area (Å²) in [6.07, 6.45) is 3.81. The fraction of sp³-hybridized carbons (Fsp3) is 0.429. The Labute approximate surface area is 169 Å². The van der Waals surface area contributed by atoms with Gasteiger partial charge in [0.15, 0.2) is 5.58 Å². The standard InChI is InChI=1S/C21H25N5O3/c1-15-23-19(26-10-5-2-6-11-26)14-21(24-15)28-12-9-22-20(27)13-17-16-7-3-4-8-18(16)29-25-17/h3-4,7-8,14H,2,5-6,9-13H2,1H3,(H,22,27). The Hall–Kier alpha value is -3.16. The largest absolute Gasteiger partial charge is 0.476 e. The van der Waals surface area contributed by atoms with E-state index in [4.69, 9.17) is 9.26 Å². The Morgan fingerprint density at radius 2 is 2.03 bits per heavy atom. The van der Waals surface area contributed by atoms with E-state index in [0.29, 0.717) is 36.1 Å². The second kappa shape index (κ2) is 8.89. The summed E-state index contributed by atoms with van der Waals surface area (Å²) in [5.74, 6) is 2.01. The maximum absolute atomic E-state index is 12.2. The number of piperidine rings is 1. The molecule has 0 spiro atoms. The Balaban J connectivity index is 1.27. The number of nitrogens with zero attached hydrogens (tertiary/aromatic N) is 4. The number of ether oxygens (including phenoxy) is 1. The van der Waals surface area contributed by atoms with Gasteiger partial charge in [-0.2, -0.15) is 4.98 Å². The van der Waals surface area contributed by atoms with E-state index in [9.17, 15) is 4.79 Å². The number of fused-ring (bicyclic) bond motifs is 1. The number of aryl methyl sites for hydroxylation is 1. The summed E-state index contributed by atoms with van der Waals surface area (Å²) < 4.78 is 11.0. The van der Waals surface area contributed by atoms with Crippen LogP contribution in [0.15, 0.2) is 34.9 Å². The number of hydrogen-bond donors (Lipinski definition) is 1. The minimum absolute atomic E-state index is 0.125. The number of para-hydroxylation sites is 1. The molecule has 3 aromatic rings. The molecule has 0 atom stereocenters. The average Bonchev–Trinajstić information content (AvgIpc) is 3.14. The lowest BCUT2D eigenvalue weighted by molar-refractivity contribution is -0.120. The maximum Gasteiger partial charge on any atom is 0.226 e. The van der Waals surface area contributed by atoms with Crippen molar-refractivity contribution in [1.29, 1.82) is 0 Å². The highest BCUT2D eigenvalue weighted by molar-refractivity contribution is 5.86. The molecule has 1 aliphatic heterocycles. The zero-order valence-corrected chi connectivity index (χ0v) is 16.6. The number of aromatic nitrogens is 3. The molecule has 4 rings (SSSR count). The average molecular weight is 395 g/mol. The van der Waals surface area contributed by atoms with E-state index in [0.717, 1.165) is 24.3 Å². The van der Waals surface area contributed by atoms with E-state index in [2.05, 4.69) is 25.3 Å². The third kappa shape index (κ3) is 4.82. The van der Waals surface area contributed by atoms with Crippen molar-refractivity contribution in [3.63, 3.8) is 0 Å². The smallest absolute Gasteiger partial charge is 0.226 e. The van der Waals surface area contributed by atoms with Gasteiger partial charge >= 0.3 is 0 Å². The number of rotatable bonds is 7. The molecular weight excluding hydrogens is 370 g/mol. The molecule has 0 saturated carbocycles. The van der Waals surface area contributed by atoms with Gasteiger partial charge in [-0.3, -0.25) is 4.79 Å². The van der Waals surface area contributed by atoms with E-state index in [1.807, 2.05) is 37.3 Å². The van der Waals surface area contributed by atoms with E-state index >= 15 is 0 Å². The van der Waals surface area contributed by atoms with Crippen molar-refractivity contribution in [1.82, 2.24) is 20.4 Å². The predicted molar refractivity (Wildman–Crippen MR) is 109 cm³/mol. The highest BCUT2D eigenvalue weighted by Crippen LogP contribution is 2.21. The zero-order chi connectivity index (χ0) is 20.1. The van der Waals surface area contributed by atoms with Gasteiger partial charge < -0.3 is 19.5 Å². The summed E-state index contributed by atoms with van der Waals surface area (Å²) in [5, 5.41) is 7.70. The molecule has 8 heteroatoms. The fourth-order valence-electron chi connectivity index (χ4n) is 3.51. The number of amides is 1. The molecule has 0 radical (unpaired) electrons. The van der Waals surface area contributed by atoms with Gasteiger partial charge in [0.05, 0.1) is 13.0 Å². The summed E-state index contributed by atoms with van der Waals surface area (Å²) in [6, 6.07) is 9.38. The number of anilines is 1. The van der Waals surface area contributed by atoms with Crippen LogP contribution in [-0.4, -0.2) is 47.3 Å². The van der Waals surface area contributed by atoms with E-state index < -0.39 is 0 Å². The molecule has 3 heterocycles. The van der Waals surface area contributed by atoms with Crippen molar-refractivity contribution in [3.8, 4) is 5.88 Å². The monoisotopic (exact) mass is 395 g/mol. The molecule has 1 aliphatic rings. The molecule has 1 N–H and O–H groups in total. The van der Waals surface area contributed by atoms with Gasteiger partial charge in [0.2, 0.25) is 11.8 Å². The third-order valence-corrected chi connectivity index (χ3v) is 4.94. The first-order valence-electron chi connectivity index (χ1n) is 10.0. The Kier molecular flexibility index (Phi) is 5.88. The van der Waals surface area contributed by atoms with Crippen LogP contribution in [0.5, 0.6) is 5.88 Å². The quantitative estimate of drug-likeness (QED) is 0.615. The zero-order valence-electron chi connectivity index (χ0n) is 16.6. The van der Waals surface area contributed by atoms with Crippen LogP contribution in [0.2, 0.25) is 0 Å². The summed E-state index contributed by atoms with van der Waals surface area (Å²) in [4.78, 5) is 23.3. The second-order valence-electron chi connectivity index (χ2n) is 7.16. The lowest BCUT2D eigenvalue weighted by Crippen LogP contribution is -2.31. The first-order chi connectivity index (χ1) is 14.2.